The van der Waals surface area contributed by atoms with Crippen LogP contribution in [0.25, 0.3) is 0 Å². The lowest BCUT2D eigenvalue weighted by molar-refractivity contribution is -0.115. The minimum atomic E-state index is 0.608. The number of fused-ring (bicyclic) bond motifs is 2. The molecule has 2 heteroatoms. The number of aryl methyl sites for hydroxylation is 1. The van der Waals surface area contributed by atoms with Crippen LogP contribution in [-0.4, -0.2) is 6.04 Å². The summed E-state index contributed by atoms with van der Waals surface area (Å²) in [4.78, 5) is 1.48. The van der Waals surface area contributed by atoms with Crippen molar-refractivity contribution in [2.45, 2.75) is 53.1 Å². The third kappa shape index (κ3) is 1.94. The fourth-order valence-corrected chi connectivity index (χ4v) is 5.06. The largest absolute Gasteiger partial charge is 0.309 e. The van der Waals surface area contributed by atoms with Crippen molar-refractivity contribution in [1.29, 1.82) is 0 Å². The van der Waals surface area contributed by atoms with E-state index in [0.717, 1.165) is 30.3 Å². The zero-order chi connectivity index (χ0) is 12.9. The highest BCUT2D eigenvalue weighted by atomic mass is 32.1. The molecule has 0 aliphatic heterocycles. The highest BCUT2D eigenvalue weighted by Crippen LogP contribution is 2.61. The summed E-state index contributed by atoms with van der Waals surface area (Å²) in [5, 5.41) is 6.06. The molecule has 4 rings (SSSR count). The minimum Gasteiger partial charge on any atom is -0.309 e. The third-order valence-corrected chi connectivity index (χ3v) is 6.73. The molecule has 3 aliphatic carbocycles. The molecule has 4 atom stereocenters. The molecule has 100 valence electrons. The number of nitrogens with one attached hydrogen (secondary N) is 1. The summed E-state index contributed by atoms with van der Waals surface area (Å²) < 4.78 is 0. The maximum atomic E-state index is 3.81. The quantitative estimate of drug-likeness (QED) is 0.861. The average Bonchev–Trinajstić information content (AvgIpc) is 2.73. The fourth-order valence-electron chi connectivity index (χ4n) is 4.23. The Labute approximate surface area is 115 Å². The summed E-state index contributed by atoms with van der Waals surface area (Å²) in [6.07, 6.45) is 2.86. The van der Waals surface area contributed by atoms with Crippen molar-refractivity contribution in [3.8, 4) is 0 Å². The van der Waals surface area contributed by atoms with Gasteiger partial charge in [0, 0.05) is 17.5 Å². The van der Waals surface area contributed by atoms with E-state index in [0.29, 0.717) is 5.41 Å². The van der Waals surface area contributed by atoms with E-state index in [1.54, 1.807) is 0 Å². The maximum absolute atomic E-state index is 3.81. The van der Waals surface area contributed by atoms with Gasteiger partial charge in [0.1, 0.15) is 0 Å². The van der Waals surface area contributed by atoms with Crippen LogP contribution in [0.3, 0.4) is 0 Å². The van der Waals surface area contributed by atoms with Gasteiger partial charge in [-0.05, 0) is 59.9 Å². The Morgan fingerprint density at radius 1 is 1.39 bits per heavy atom. The summed E-state index contributed by atoms with van der Waals surface area (Å²) >= 11 is 1.89. The molecule has 0 amide bonds. The van der Waals surface area contributed by atoms with Crippen LogP contribution in [0.2, 0.25) is 0 Å². The van der Waals surface area contributed by atoms with Crippen LogP contribution in [0.1, 0.15) is 44.1 Å². The molecule has 1 aromatic rings. The monoisotopic (exact) mass is 263 g/mol. The van der Waals surface area contributed by atoms with Crippen molar-refractivity contribution in [2.24, 2.45) is 23.2 Å². The molecule has 1 heterocycles. The van der Waals surface area contributed by atoms with Gasteiger partial charge in [-0.25, -0.2) is 0 Å². The van der Waals surface area contributed by atoms with E-state index < -0.39 is 0 Å². The zero-order valence-electron chi connectivity index (χ0n) is 12.0. The van der Waals surface area contributed by atoms with Crippen molar-refractivity contribution in [2.75, 3.05) is 0 Å². The first-order valence-electron chi connectivity index (χ1n) is 7.26. The Balaban J connectivity index is 1.59. The highest BCUT2D eigenvalue weighted by molar-refractivity contribution is 7.10. The average molecular weight is 263 g/mol. The number of hydrogen-bond donors (Lipinski definition) is 1. The lowest BCUT2D eigenvalue weighted by Crippen LogP contribution is -2.59. The van der Waals surface area contributed by atoms with E-state index in [9.17, 15) is 0 Å². The zero-order valence-corrected chi connectivity index (χ0v) is 12.8. The Kier molecular flexibility index (Phi) is 3.06. The van der Waals surface area contributed by atoms with Crippen LogP contribution < -0.4 is 5.32 Å². The van der Waals surface area contributed by atoms with E-state index in [1.807, 2.05) is 11.3 Å². The smallest absolute Gasteiger partial charge is 0.0302 e. The van der Waals surface area contributed by atoms with Crippen molar-refractivity contribution < 1.29 is 0 Å². The predicted molar refractivity (Wildman–Crippen MR) is 78.8 cm³/mol. The van der Waals surface area contributed by atoms with E-state index in [-0.39, 0.29) is 0 Å². The van der Waals surface area contributed by atoms with E-state index >= 15 is 0 Å². The molecule has 1 aromatic heterocycles. The molecule has 0 aromatic carbocycles. The van der Waals surface area contributed by atoms with Gasteiger partial charge < -0.3 is 5.32 Å². The molecule has 3 fully saturated rings. The molecule has 0 spiro atoms. The molecule has 3 saturated carbocycles. The Morgan fingerprint density at radius 2 is 2.17 bits per heavy atom. The summed E-state index contributed by atoms with van der Waals surface area (Å²) in [5.74, 6) is 2.74. The molecule has 18 heavy (non-hydrogen) atoms. The van der Waals surface area contributed by atoms with E-state index in [2.05, 4.69) is 44.5 Å². The molecular formula is C16H25NS. The molecule has 1 nitrogen and oxygen atoms in total. The Morgan fingerprint density at radius 3 is 2.72 bits per heavy atom. The predicted octanol–water partition coefficient (Wildman–Crippen LogP) is 4.22. The normalized spacial score (nSPS) is 37.3. The highest BCUT2D eigenvalue weighted by Gasteiger charge is 2.55. The molecule has 0 saturated heterocycles. The second kappa shape index (κ2) is 4.35. The van der Waals surface area contributed by atoms with Crippen molar-refractivity contribution in [3.63, 3.8) is 0 Å². The second-order valence-corrected chi connectivity index (χ2v) is 8.03. The first-order valence-corrected chi connectivity index (χ1v) is 8.14. The molecule has 0 radical (unpaired) electrons. The standard InChI is InChI=1S/C16H25NS/c1-10-5-13(18-9-10)8-17-15-7-12-6-14(11(15)2)16(12,3)4/h5,9,11-12,14-15,17H,6-8H2,1-4H3. The van der Waals surface area contributed by atoms with Crippen molar-refractivity contribution >= 4 is 11.3 Å². The van der Waals surface area contributed by atoms with Crippen LogP contribution in [0.4, 0.5) is 0 Å². The van der Waals surface area contributed by atoms with Crippen molar-refractivity contribution in [1.82, 2.24) is 5.32 Å². The lowest BCUT2D eigenvalue weighted by Gasteiger charge is -2.62. The van der Waals surface area contributed by atoms with Gasteiger partial charge in [0.05, 0.1) is 0 Å². The number of thiophene rings is 1. The van der Waals surface area contributed by atoms with E-state index in [1.165, 1.54) is 23.3 Å². The van der Waals surface area contributed by atoms with E-state index in [4.69, 9.17) is 0 Å². The van der Waals surface area contributed by atoms with Crippen LogP contribution in [0.5, 0.6) is 0 Å². The van der Waals surface area contributed by atoms with Gasteiger partial charge in [-0.1, -0.05) is 20.8 Å². The van der Waals surface area contributed by atoms with Crippen LogP contribution in [0.15, 0.2) is 11.4 Å². The molecule has 4 unspecified atom stereocenters. The molecular weight excluding hydrogens is 238 g/mol. The fraction of sp³-hybridized carbons (Fsp3) is 0.750. The summed E-state index contributed by atoms with van der Waals surface area (Å²) in [5.41, 5.74) is 2.01. The third-order valence-electron chi connectivity index (χ3n) is 5.68. The summed E-state index contributed by atoms with van der Waals surface area (Å²) in [7, 11) is 0. The second-order valence-electron chi connectivity index (χ2n) is 7.03. The van der Waals surface area contributed by atoms with Gasteiger partial charge in [-0.3, -0.25) is 0 Å². The summed E-state index contributed by atoms with van der Waals surface area (Å²) in [6.45, 7) is 10.6. The van der Waals surface area contributed by atoms with Gasteiger partial charge >= 0.3 is 0 Å². The molecule has 3 aliphatic rings. The van der Waals surface area contributed by atoms with Crippen LogP contribution in [-0.2, 0) is 6.54 Å². The number of hydrogen-bond acceptors (Lipinski definition) is 2. The van der Waals surface area contributed by atoms with Gasteiger partial charge in [0.25, 0.3) is 0 Å². The van der Waals surface area contributed by atoms with Gasteiger partial charge in [0.2, 0.25) is 0 Å². The number of rotatable bonds is 3. The van der Waals surface area contributed by atoms with Crippen molar-refractivity contribution in [3.05, 3.63) is 21.9 Å². The molecule has 2 bridgehead atoms. The Bertz CT molecular complexity index is 434. The van der Waals surface area contributed by atoms with Gasteiger partial charge in [0.15, 0.2) is 0 Å². The first-order chi connectivity index (χ1) is 8.48. The first kappa shape index (κ1) is 12.7. The van der Waals surface area contributed by atoms with Crippen LogP contribution >= 0.6 is 11.3 Å². The van der Waals surface area contributed by atoms with Gasteiger partial charge in [-0.15, -0.1) is 11.3 Å². The Hall–Kier alpha value is -0.340. The van der Waals surface area contributed by atoms with Gasteiger partial charge in [-0.2, -0.15) is 0 Å². The minimum absolute atomic E-state index is 0.608. The summed E-state index contributed by atoms with van der Waals surface area (Å²) in [6, 6.07) is 3.06. The maximum Gasteiger partial charge on any atom is 0.0302 e. The molecule has 1 N–H and O–H groups in total. The SMILES string of the molecule is Cc1csc(CNC2CC3CC(C2C)C3(C)C)c1. The lowest BCUT2D eigenvalue weighted by atomic mass is 9.45. The topological polar surface area (TPSA) is 12.0 Å². The van der Waals surface area contributed by atoms with Crippen LogP contribution in [0, 0.1) is 30.1 Å².